The molecule has 1 aromatic rings. The molecular formula is C16H25FN2O. The lowest BCUT2D eigenvalue weighted by molar-refractivity contribution is -0.101. The van der Waals surface area contributed by atoms with Crippen molar-refractivity contribution in [1.29, 1.82) is 0 Å². The van der Waals surface area contributed by atoms with E-state index in [0.717, 1.165) is 19.3 Å². The minimum Gasteiger partial charge on any atom is -0.373 e. The van der Waals surface area contributed by atoms with Crippen LogP contribution in [0.2, 0.25) is 0 Å². The molecule has 0 amide bonds. The van der Waals surface area contributed by atoms with E-state index in [1.54, 1.807) is 12.3 Å². The monoisotopic (exact) mass is 280 g/mol. The van der Waals surface area contributed by atoms with E-state index in [2.05, 4.69) is 17.2 Å². The second-order valence-corrected chi connectivity index (χ2v) is 5.82. The number of halogens is 1. The molecule has 1 aliphatic carbocycles. The third-order valence-corrected chi connectivity index (χ3v) is 4.35. The number of ether oxygens (including phenoxy) is 1. The molecule has 1 aliphatic rings. The Kier molecular flexibility index (Phi) is 5.11. The van der Waals surface area contributed by atoms with Gasteiger partial charge in [-0.1, -0.05) is 19.8 Å². The number of nitrogens with one attached hydrogen (secondary N) is 1. The lowest BCUT2D eigenvalue weighted by Crippen LogP contribution is -2.48. The summed E-state index contributed by atoms with van der Waals surface area (Å²) in [5.41, 5.74) is 0.341. The zero-order valence-corrected chi connectivity index (χ0v) is 12.7. The maximum absolute atomic E-state index is 14.1. The molecular weight excluding hydrogens is 255 g/mol. The van der Waals surface area contributed by atoms with Crippen LogP contribution in [0, 0.1) is 11.7 Å². The van der Waals surface area contributed by atoms with Crippen molar-refractivity contribution >= 4 is 0 Å². The van der Waals surface area contributed by atoms with E-state index in [4.69, 9.17) is 4.74 Å². The van der Waals surface area contributed by atoms with Crippen LogP contribution in [0.3, 0.4) is 0 Å². The molecule has 3 unspecified atom stereocenters. The molecule has 4 heteroatoms. The van der Waals surface area contributed by atoms with Gasteiger partial charge in [0.15, 0.2) is 0 Å². The molecule has 20 heavy (non-hydrogen) atoms. The molecule has 1 aromatic heterocycles. The van der Waals surface area contributed by atoms with Gasteiger partial charge >= 0.3 is 0 Å². The molecule has 1 heterocycles. The zero-order chi connectivity index (χ0) is 14.6. The molecule has 1 fully saturated rings. The highest BCUT2D eigenvalue weighted by atomic mass is 19.1. The molecule has 1 N–H and O–H groups in total. The summed E-state index contributed by atoms with van der Waals surface area (Å²) in [5.74, 6) is 0.347. The molecule has 0 aromatic carbocycles. The molecule has 2 rings (SSSR count). The van der Waals surface area contributed by atoms with Crippen molar-refractivity contribution in [3.05, 3.63) is 29.8 Å². The Bertz CT molecular complexity index is 436. The Labute approximate surface area is 120 Å². The van der Waals surface area contributed by atoms with Gasteiger partial charge < -0.3 is 10.1 Å². The van der Waals surface area contributed by atoms with Gasteiger partial charge in [0.25, 0.3) is 0 Å². The summed E-state index contributed by atoms with van der Waals surface area (Å²) in [6, 6.07) is 1.63. The minimum absolute atomic E-state index is 0.131. The smallest absolute Gasteiger partial charge is 0.146 e. The average molecular weight is 280 g/mol. The number of rotatable bonds is 5. The topological polar surface area (TPSA) is 34.1 Å². The quantitative estimate of drug-likeness (QED) is 0.897. The molecule has 0 radical (unpaired) electrons. The summed E-state index contributed by atoms with van der Waals surface area (Å²) < 4.78 is 20.3. The highest BCUT2D eigenvalue weighted by Crippen LogP contribution is 2.43. The van der Waals surface area contributed by atoms with Crippen LogP contribution in [0.4, 0.5) is 4.39 Å². The van der Waals surface area contributed by atoms with E-state index in [1.807, 2.05) is 14.0 Å². The van der Waals surface area contributed by atoms with Gasteiger partial charge in [-0.25, -0.2) is 4.39 Å². The predicted molar refractivity (Wildman–Crippen MR) is 78.0 cm³/mol. The van der Waals surface area contributed by atoms with Crippen molar-refractivity contribution < 1.29 is 9.13 Å². The summed E-state index contributed by atoms with van der Waals surface area (Å²) in [6.07, 6.45) is 7.23. The number of nitrogens with zero attached hydrogens (tertiary/aromatic N) is 1. The number of likely N-dealkylation sites (N-methyl/N-ethyl adjacent to an activating group) is 1. The van der Waals surface area contributed by atoms with E-state index >= 15 is 0 Å². The highest BCUT2D eigenvalue weighted by molar-refractivity contribution is 5.22. The zero-order valence-electron chi connectivity index (χ0n) is 12.7. The van der Waals surface area contributed by atoms with E-state index in [0.29, 0.717) is 18.1 Å². The van der Waals surface area contributed by atoms with Crippen molar-refractivity contribution in [1.82, 2.24) is 10.3 Å². The number of hydrogen-bond donors (Lipinski definition) is 1. The minimum atomic E-state index is -0.316. The summed E-state index contributed by atoms with van der Waals surface area (Å²) in [6.45, 7) is 4.91. The van der Waals surface area contributed by atoms with Crippen molar-refractivity contribution in [3.63, 3.8) is 0 Å². The van der Waals surface area contributed by atoms with Crippen LogP contribution >= 0.6 is 0 Å². The first-order valence-electron chi connectivity index (χ1n) is 7.53. The maximum Gasteiger partial charge on any atom is 0.146 e. The summed E-state index contributed by atoms with van der Waals surface area (Å²) in [5, 5.41) is 3.28. The van der Waals surface area contributed by atoms with E-state index in [9.17, 15) is 4.39 Å². The Hall–Kier alpha value is -1.00. The molecule has 0 spiro atoms. The molecule has 3 nitrogen and oxygen atoms in total. The number of pyridine rings is 1. The first-order chi connectivity index (χ1) is 9.63. The van der Waals surface area contributed by atoms with E-state index in [-0.39, 0.29) is 17.5 Å². The van der Waals surface area contributed by atoms with E-state index < -0.39 is 0 Å². The van der Waals surface area contributed by atoms with Crippen molar-refractivity contribution in [2.24, 2.45) is 5.92 Å². The lowest BCUT2D eigenvalue weighted by Gasteiger charge is -2.45. The first-order valence-corrected chi connectivity index (χ1v) is 7.53. The van der Waals surface area contributed by atoms with Gasteiger partial charge in [0.2, 0.25) is 0 Å². The summed E-state index contributed by atoms with van der Waals surface area (Å²) >= 11 is 0. The van der Waals surface area contributed by atoms with Crippen molar-refractivity contribution in [2.45, 2.75) is 51.2 Å². The van der Waals surface area contributed by atoms with Crippen LogP contribution < -0.4 is 5.32 Å². The average Bonchev–Trinajstić information content (AvgIpc) is 2.42. The Balaban J connectivity index is 2.37. The summed E-state index contributed by atoms with van der Waals surface area (Å²) in [4.78, 5) is 3.85. The van der Waals surface area contributed by atoms with Crippen LogP contribution in [-0.4, -0.2) is 24.2 Å². The molecule has 0 aliphatic heterocycles. The third kappa shape index (κ3) is 3.01. The fraction of sp³-hybridized carbons (Fsp3) is 0.688. The van der Waals surface area contributed by atoms with Gasteiger partial charge in [-0.15, -0.1) is 0 Å². The SMILES string of the molecule is CCOC1(C(NC)c2ccncc2F)CCCC(C)C1. The Morgan fingerprint density at radius 2 is 2.40 bits per heavy atom. The fourth-order valence-electron chi connectivity index (χ4n) is 3.63. The second kappa shape index (κ2) is 6.64. The largest absolute Gasteiger partial charge is 0.373 e. The number of hydrogen-bond acceptors (Lipinski definition) is 3. The standard InChI is InChI=1S/C16H25FN2O/c1-4-20-16(8-5-6-12(2)10-16)15(18-3)13-7-9-19-11-14(13)17/h7,9,11-12,15,18H,4-6,8,10H2,1-3H3. The van der Waals surface area contributed by atoms with Gasteiger partial charge in [-0.2, -0.15) is 0 Å². The first kappa shape index (κ1) is 15.4. The van der Waals surface area contributed by atoms with Gasteiger partial charge in [-0.3, -0.25) is 4.98 Å². The van der Waals surface area contributed by atoms with Gasteiger partial charge in [0.05, 0.1) is 17.8 Å². The third-order valence-electron chi connectivity index (χ3n) is 4.35. The molecule has 1 saturated carbocycles. The van der Waals surface area contributed by atoms with Crippen molar-refractivity contribution in [2.75, 3.05) is 13.7 Å². The lowest BCUT2D eigenvalue weighted by atomic mass is 9.72. The normalized spacial score (nSPS) is 28.3. The van der Waals surface area contributed by atoms with Crippen LogP contribution in [0.25, 0.3) is 0 Å². The van der Waals surface area contributed by atoms with Gasteiger partial charge in [0, 0.05) is 18.4 Å². The predicted octanol–water partition coefficient (Wildman–Crippen LogP) is 3.47. The molecule has 112 valence electrons. The van der Waals surface area contributed by atoms with Crippen LogP contribution in [0.15, 0.2) is 18.5 Å². The Morgan fingerprint density at radius 1 is 1.60 bits per heavy atom. The van der Waals surface area contributed by atoms with Crippen LogP contribution in [-0.2, 0) is 4.74 Å². The maximum atomic E-state index is 14.1. The second-order valence-electron chi connectivity index (χ2n) is 5.82. The van der Waals surface area contributed by atoms with Crippen molar-refractivity contribution in [3.8, 4) is 0 Å². The fourth-order valence-corrected chi connectivity index (χ4v) is 3.63. The van der Waals surface area contributed by atoms with E-state index in [1.165, 1.54) is 12.6 Å². The van der Waals surface area contributed by atoms with Crippen LogP contribution in [0.1, 0.15) is 51.1 Å². The van der Waals surface area contributed by atoms with Crippen LogP contribution in [0.5, 0.6) is 0 Å². The molecule has 0 bridgehead atoms. The molecule has 3 atom stereocenters. The van der Waals surface area contributed by atoms with Gasteiger partial charge in [0.1, 0.15) is 5.82 Å². The summed E-state index contributed by atoms with van der Waals surface area (Å²) in [7, 11) is 1.88. The Morgan fingerprint density at radius 3 is 3.00 bits per heavy atom. The van der Waals surface area contributed by atoms with Gasteiger partial charge in [-0.05, 0) is 38.8 Å². The number of aromatic nitrogens is 1. The molecule has 0 saturated heterocycles. The highest BCUT2D eigenvalue weighted by Gasteiger charge is 2.43.